The molecule has 2 heterocycles. The maximum Gasteiger partial charge on any atom is 0.356 e. The number of anilines is 1. The second kappa shape index (κ2) is 6.56. The Morgan fingerprint density at radius 2 is 2.25 bits per heavy atom. The molecular formula is C12H15N3O4S. The van der Waals surface area contributed by atoms with Gasteiger partial charge < -0.3 is 9.64 Å². The van der Waals surface area contributed by atoms with Crippen molar-refractivity contribution in [2.75, 3.05) is 36.6 Å². The number of nitro groups is 1. The van der Waals surface area contributed by atoms with Gasteiger partial charge in [0.2, 0.25) is 5.82 Å². The van der Waals surface area contributed by atoms with E-state index in [0.29, 0.717) is 13.1 Å². The van der Waals surface area contributed by atoms with Gasteiger partial charge in [0.15, 0.2) is 5.69 Å². The van der Waals surface area contributed by atoms with Crippen LogP contribution in [0.4, 0.5) is 11.5 Å². The summed E-state index contributed by atoms with van der Waals surface area (Å²) in [6, 6.07) is 2.63. The Bertz CT molecular complexity index is 515. The second-order valence-electron chi connectivity index (χ2n) is 4.24. The number of carbonyl (C=O) groups is 1. The fourth-order valence-corrected chi connectivity index (χ4v) is 2.88. The molecule has 1 aliphatic heterocycles. The lowest BCUT2D eigenvalue weighted by molar-refractivity contribution is -0.384. The molecular weight excluding hydrogens is 282 g/mol. The lowest BCUT2D eigenvalue weighted by atomic mass is 10.3. The van der Waals surface area contributed by atoms with E-state index >= 15 is 0 Å². The molecule has 1 fully saturated rings. The van der Waals surface area contributed by atoms with Gasteiger partial charge in [-0.2, -0.15) is 11.8 Å². The predicted molar refractivity (Wildman–Crippen MR) is 76.4 cm³/mol. The fourth-order valence-electron chi connectivity index (χ4n) is 1.99. The van der Waals surface area contributed by atoms with E-state index in [0.717, 1.165) is 17.9 Å². The number of hydrogen-bond donors (Lipinski definition) is 0. The zero-order chi connectivity index (χ0) is 14.5. The Balaban J connectivity index is 2.40. The lowest BCUT2D eigenvalue weighted by Crippen LogP contribution is -2.28. The molecule has 8 heteroatoms. The molecule has 108 valence electrons. The van der Waals surface area contributed by atoms with Gasteiger partial charge >= 0.3 is 11.7 Å². The first-order chi connectivity index (χ1) is 9.63. The number of ether oxygens (including phenoxy) is 1. The van der Waals surface area contributed by atoms with E-state index in [1.54, 1.807) is 0 Å². The number of pyridine rings is 1. The van der Waals surface area contributed by atoms with Crippen LogP contribution in [-0.4, -0.2) is 47.6 Å². The Morgan fingerprint density at radius 1 is 1.45 bits per heavy atom. The topological polar surface area (TPSA) is 85.6 Å². The van der Waals surface area contributed by atoms with Crippen LogP contribution < -0.4 is 4.90 Å². The maximum atomic E-state index is 11.5. The van der Waals surface area contributed by atoms with Gasteiger partial charge in [-0.15, -0.1) is 0 Å². The summed E-state index contributed by atoms with van der Waals surface area (Å²) in [7, 11) is 1.26. The highest BCUT2D eigenvalue weighted by atomic mass is 32.2. The highest BCUT2D eigenvalue weighted by Gasteiger charge is 2.24. The number of methoxy groups -OCH3 is 1. The van der Waals surface area contributed by atoms with Crippen molar-refractivity contribution in [3.8, 4) is 0 Å². The van der Waals surface area contributed by atoms with Crippen LogP contribution in [0.3, 0.4) is 0 Å². The molecule has 0 amide bonds. The molecule has 0 spiro atoms. The molecule has 0 saturated carbocycles. The summed E-state index contributed by atoms with van der Waals surface area (Å²) >= 11 is 1.81. The summed E-state index contributed by atoms with van der Waals surface area (Å²) in [4.78, 5) is 28.2. The lowest BCUT2D eigenvalue weighted by Gasteiger charge is -2.21. The molecule has 0 radical (unpaired) electrons. The molecule has 1 aliphatic rings. The molecule has 1 saturated heterocycles. The van der Waals surface area contributed by atoms with Gasteiger partial charge in [0.05, 0.1) is 12.0 Å². The average molecular weight is 297 g/mol. The van der Waals surface area contributed by atoms with Gasteiger partial charge in [-0.1, -0.05) is 0 Å². The molecule has 20 heavy (non-hydrogen) atoms. The third kappa shape index (κ3) is 3.19. The van der Waals surface area contributed by atoms with E-state index in [-0.39, 0.29) is 17.2 Å². The Kier molecular flexibility index (Phi) is 4.78. The van der Waals surface area contributed by atoms with Crippen LogP contribution in [0.5, 0.6) is 0 Å². The molecule has 0 aliphatic carbocycles. The molecule has 1 aromatic rings. The van der Waals surface area contributed by atoms with E-state index in [1.807, 2.05) is 16.7 Å². The third-order valence-electron chi connectivity index (χ3n) is 2.97. The predicted octanol–water partition coefficient (Wildman–Crippen LogP) is 1.72. The van der Waals surface area contributed by atoms with Crippen LogP contribution in [0.1, 0.15) is 16.9 Å². The Labute approximate surface area is 120 Å². The summed E-state index contributed by atoms with van der Waals surface area (Å²) in [6.45, 7) is 1.38. The van der Waals surface area contributed by atoms with E-state index in [1.165, 1.54) is 19.2 Å². The van der Waals surface area contributed by atoms with Crippen molar-refractivity contribution >= 4 is 29.2 Å². The van der Waals surface area contributed by atoms with Crippen LogP contribution in [0.15, 0.2) is 12.1 Å². The van der Waals surface area contributed by atoms with E-state index in [9.17, 15) is 14.9 Å². The van der Waals surface area contributed by atoms with Crippen LogP contribution in [0.25, 0.3) is 0 Å². The number of esters is 1. The van der Waals surface area contributed by atoms with Crippen LogP contribution in [0.2, 0.25) is 0 Å². The maximum absolute atomic E-state index is 11.5. The SMILES string of the molecule is COC(=O)c1ccc([N+](=O)[O-])c(N2CCCSCC2)n1. The normalized spacial score (nSPS) is 15.6. The van der Waals surface area contributed by atoms with Crippen molar-refractivity contribution in [3.63, 3.8) is 0 Å². The van der Waals surface area contributed by atoms with Crippen molar-refractivity contribution in [2.24, 2.45) is 0 Å². The molecule has 0 N–H and O–H groups in total. The molecule has 7 nitrogen and oxygen atoms in total. The minimum Gasteiger partial charge on any atom is -0.464 e. The molecule has 0 unspecified atom stereocenters. The van der Waals surface area contributed by atoms with Crippen molar-refractivity contribution in [3.05, 3.63) is 27.9 Å². The molecule has 2 rings (SSSR count). The van der Waals surface area contributed by atoms with Gasteiger partial charge in [0.25, 0.3) is 0 Å². The average Bonchev–Trinajstić information content (AvgIpc) is 2.74. The van der Waals surface area contributed by atoms with Gasteiger partial charge in [-0.3, -0.25) is 10.1 Å². The summed E-state index contributed by atoms with van der Waals surface area (Å²) in [5.41, 5.74) is 0.00885. The summed E-state index contributed by atoms with van der Waals surface area (Å²) in [5.74, 6) is 1.58. The van der Waals surface area contributed by atoms with Gasteiger partial charge in [0.1, 0.15) is 0 Å². The van der Waals surface area contributed by atoms with Gasteiger partial charge in [-0.05, 0) is 18.2 Å². The minimum absolute atomic E-state index is 0.0791. The second-order valence-corrected chi connectivity index (χ2v) is 5.47. The van der Waals surface area contributed by atoms with Crippen LogP contribution >= 0.6 is 11.8 Å². The number of aromatic nitrogens is 1. The molecule has 0 aromatic carbocycles. The zero-order valence-corrected chi connectivity index (χ0v) is 11.9. The highest BCUT2D eigenvalue weighted by Crippen LogP contribution is 2.28. The first kappa shape index (κ1) is 14.6. The number of thioether (sulfide) groups is 1. The van der Waals surface area contributed by atoms with E-state index in [2.05, 4.69) is 9.72 Å². The van der Waals surface area contributed by atoms with Gasteiger partial charge in [-0.25, -0.2) is 9.78 Å². The molecule has 0 atom stereocenters. The molecule has 0 bridgehead atoms. The third-order valence-corrected chi connectivity index (χ3v) is 4.02. The molecule has 1 aromatic heterocycles. The first-order valence-electron chi connectivity index (χ1n) is 6.20. The standard InChI is InChI=1S/C12H15N3O4S/c1-19-12(16)9-3-4-10(15(17)18)11(13-9)14-5-2-7-20-8-6-14/h3-4H,2,5-8H2,1H3. The Hall–Kier alpha value is -1.83. The van der Waals surface area contributed by atoms with Gasteiger partial charge in [0, 0.05) is 24.9 Å². The largest absolute Gasteiger partial charge is 0.464 e. The van der Waals surface area contributed by atoms with Crippen molar-refractivity contribution in [2.45, 2.75) is 6.42 Å². The number of rotatable bonds is 3. The quantitative estimate of drug-likeness (QED) is 0.477. The van der Waals surface area contributed by atoms with E-state index < -0.39 is 10.9 Å². The number of nitrogens with zero attached hydrogens (tertiary/aromatic N) is 3. The highest BCUT2D eigenvalue weighted by molar-refractivity contribution is 7.99. The summed E-state index contributed by atoms with van der Waals surface area (Å²) in [5, 5.41) is 11.1. The first-order valence-corrected chi connectivity index (χ1v) is 7.35. The van der Waals surface area contributed by atoms with E-state index in [4.69, 9.17) is 0 Å². The fraction of sp³-hybridized carbons (Fsp3) is 0.500. The summed E-state index contributed by atoms with van der Waals surface area (Å²) < 4.78 is 4.61. The smallest absolute Gasteiger partial charge is 0.356 e. The minimum atomic E-state index is -0.592. The van der Waals surface area contributed by atoms with Crippen LogP contribution in [0, 0.1) is 10.1 Å². The van der Waals surface area contributed by atoms with Crippen molar-refractivity contribution in [1.82, 2.24) is 4.98 Å². The van der Waals surface area contributed by atoms with Crippen molar-refractivity contribution in [1.29, 1.82) is 0 Å². The Morgan fingerprint density at radius 3 is 2.95 bits per heavy atom. The van der Waals surface area contributed by atoms with Crippen LogP contribution in [-0.2, 0) is 4.74 Å². The zero-order valence-electron chi connectivity index (χ0n) is 11.1. The number of carbonyl (C=O) groups excluding carboxylic acids is 1. The summed E-state index contributed by atoms with van der Waals surface area (Å²) in [6.07, 6.45) is 0.936. The number of hydrogen-bond acceptors (Lipinski definition) is 7. The monoisotopic (exact) mass is 297 g/mol. The van der Waals surface area contributed by atoms with Crippen molar-refractivity contribution < 1.29 is 14.5 Å².